The molecule has 0 amide bonds. The van der Waals surface area contributed by atoms with Crippen molar-refractivity contribution in [2.75, 3.05) is 37.6 Å². The number of benzene rings is 1. The Bertz CT molecular complexity index is 454. The van der Waals surface area contributed by atoms with Crippen LogP contribution in [0.3, 0.4) is 0 Å². The molecule has 3 rings (SSSR count). The van der Waals surface area contributed by atoms with Crippen molar-refractivity contribution in [3.63, 3.8) is 0 Å². The van der Waals surface area contributed by atoms with Crippen LogP contribution >= 0.6 is 0 Å². The highest BCUT2D eigenvalue weighted by Crippen LogP contribution is 2.25. The summed E-state index contributed by atoms with van der Waals surface area (Å²) < 4.78 is 13.0. The Labute approximate surface area is 133 Å². The van der Waals surface area contributed by atoms with Gasteiger partial charge in [-0.05, 0) is 68.8 Å². The highest BCUT2D eigenvalue weighted by Gasteiger charge is 2.22. The maximum Gasteiger partial charge on any atom is 0.123 e. The zero-order chi connectivity index (χ0) is 15.4. The molecule has 4 heteroatoms. The number of nitrogens with zero attached hydrogens (tertiary/aromatic N) is 2. The third-order valence-electron chi connectivity index (χ3n) is 5.19. The Hall–Kier alpha value is -1.13. The van der Waals surface area contributed by atoms with Crippen molar-refractivity contribution in [2.24, 2.45) is 11.7 Å². The average molecular weight is 305 g/mol. The minimum atomic E-state index is -0.157. The van der Waals surface area contributed by atoms with Gasteiger partial charge in [0, 0.05) is 37.9 Å². The molecule has 1 aromatic carbocycles. The zero-order valence-corrected chi connectivity index (χ0v) is 13.4. The molecule has 1 heterocycles. The van der Waals surface area contributed by atoms with Gasteiger partial charge in [0.05, 0.1) is 0 Å². The van der Waals surface area contributed by atoms with Gasteiger partial charge in [-0.1, -0.05) is 0 Å². The number of rotatable bonds is 3. The molecule has 0 spiro atoms. The third-order valence-corrected chi connectivity index (χ3v) is 5.19. The van der Waals surface area contributed by atoms with Crippen LogP contribution in [-0.2, 0) is 0 Å². The number of nitrogens with two attached hydrogens (primary N) is 1. The lowest BCUT2D eigenvalue weighted by molar-refractivity contribution is 0.204. The van der Waals surface area contributed by atoms with Crippen LogP contribution in [0.25, 0.3) is 0 Å². The smallest absolute Gasteiger partial charge is 0.123 e. The lowest BCUT2D eigenvalue weighted by Gasteiger charge is -2.31. The van der Waals surface area contributed by atoms with Crippen LogP contribution < -0.4 is 10.6 Å². The molecule has 0 radical (unpaired) electrons. The number of anilines is 1. The summed E-state index contributed by atoms with van der Waals surface area (Å²) in [5, 5.41) is 0. The second-order valence-electron chi connectivity index (χ2n) is 6.90. The first-order chi connectivity index (χ1) is 10.7. The Morgan fingerprint density at radius 1 is 0.955 bits per heavy atom. The van der Waals surface area contributed by atoms with Crippen molar-refractivity contribution in [2.45, 2.75) is 38.1 Å². The van der Waals surface area contributed by atoms with Gasteiger partial charge in [0.25, 0.3) is 0 Å². The molecule has 122 valence electrons. The predicted octanol–water partition coefficient (Wildman–Crippen LogP) is 2.86. The van der Waals surface area contributed by atoms with Crippen molar-refractivity contribution in [3.05, 3.63) is 30.1 Å². The summed E-state index contributed by atoms with van der Waals surface area (Å²) in [5.41, 5.74) is 7.15. The van der Waals surface area contributed by atoms with Crippen LogP contribution in [0.2, 0.25) is 0 Å². The standard InChI is InChI=1S/C18H28FN3/c19-16-4-8-18(9-5-16)22-11-1-10-21(12-13-22)14-15-2-6-17(20)7-3-15/h4-5,8-9,15,17H,1-3,6-7,10-14,20H2. The molecule has 1 saturated carbocycles. The fraction of sp³-hybridized carbons (Fsp3) is 0.667. The minimum Gasteiger partial charge on any atom is -0.370 e. The van der Waals surface area contributed by atoms with E-state index in [0.717, 1.165) is 31.2 Å². The predicted molar refractivity (Wildman–Crippen MR) is 89.6 cm³/mol. The van der Waals surface area contributed by atoms with E-state index in [2.05, 4.69) is 9.80 Å². The molecule has 0 atom stereocenters. The second kappa shape index (κ2) is 7.42. The maximum absolute atomic E-state index is 13.0. The summed E-state index contributed by atoms with van der Waals surface area (Å²) >= 11 is 0. The molecule has 1 saturated heterocycles. The van der Waals surface area contributed by atoms with Gasteiger partial charge in [-0.25, -0.2) is 4.39 Å². The van der Waals surface area contributed by atoms with E-state index < -0.39 is 0 Å². The molecule has 1 aromatic rings. The van der Waals surface area contributed by atoms with Crippen LogP contribution in [0, 0.1) is 11.7 Å². The van der Waals surface area contributed by atoms with Gasteiger partial charge in [0.2, 0.25) is 0 Å². The molecule has 22 heavy (non-hydrogen) atoms. The molecule has 2 N–H and O–H groups in total. The molecule has 0 unspecified atom stereocenters. The molecule has 2 fully saturated rings. The van der Waals surface area contributed by atoms with Crippen LogP contribution in [-0.4, -0.2) is 43.7 Å². The van der Waals surface area contributed by atoms with E-state index in [1.54, 1.807) is 12.1 Å². The molecule has 3 nitrogen and oxygen atoms in total. The average Bonchev–Trinajstić information content (AvgIpc) is 2.76. The van der Waals surface area contributed by atoms with E-state index in [-0.39, 0.29) is 5.82 Å². The first kappa shape index (κ1) is 15.8. The minimum absolute atomic E-state index is 0.157. The molecular weight excluding hydrogens is 277 g/mol. The molecular formula is C18H28FN3. The molecule has 0 aromatic heterocycles. The van der Waals surface area contributed by atoms with Crippen LogP contribution in [0.15, 0.2) is 24.3 Å². The van der Waals surface area contributed by atoms with Gasteiger partial charge >= 0.3 is 0 Å². The van der Waals surface area contributed by atoms with Crippen LogP contribution in [0.5, 0.6) is 0 Å². The van der Waals surface area contributed by atoms with Gasteiger partial charge < -0.3 is 15.5 Å². The monoisotopic (exact) mass is 305 g/mol. The fourth-order valence-corrected chi connectivity index (χ4v) is 3.80. The van der Waals surface area contributed by atoms with Gasteiger partial charge in [0.1, 0.15) is 5.82 Å². The van der Waals surface area contributed by atoms with Gasteiger partial charge in [-0.15, -0.1) is 0 Å². The maximum atomic E-state index is 13.0. The van der Waals surface area contributed by atoms with E-state index in [0.29, 0.717) is 6.04 Å². The number of hydrogen-bond donors (Lipinski definition) is 1. The fourth-order valence-electron chi connectivity index (χ4n) is 3.80. The van der Waals surface area contributed by atoms with Crippen molar-refractivity contribution in [1.29, 1.82) is 0 Å². The van der Waals surface area contributed by atoms with Crippen molar-refractivity contribution >= 4 is 5.69 Å². The zero-order valence-electron chi connectivity index (χ0n) is 13.4. The van der Waals surface area contributed by atoms with Gasteiger partial charge in [-0.2, -0.15) is 0 Å². The topological polar surface area (TPSA) is 32.5 Å². The largest absolute Gasteiger partial charge is 0.370 e. The Morgan fingerprint density at radius 2 is 1.68 bits per heavy atom. The quantitative estimate of drug-likeness (QED) is 0.932. The first-order valence-electron chi connectivity index (χ1n) is 8.69. The summed E-state index contributed by atoms with van der Waals surface area (Å²) in [6, 6.07) is 7.35. The molecule has 1 aliphatic heterocycles. The van der Waals surface area contributed by atoms with E-state index in [9.17, 15) is 4.39 Å². The van der Waals surface area contributed by atoms with Crippen molar-refractivity contribution < 1.29 is 4.39 Å². The normalized spacial score (nSPS) is 27.6. The summed E-state index contributed by atoms with van der Waals surface area (Å²) in [6.07, 6.45) is 6.16. The molecule has 1 aliphatic carbocycles. The lowest BCUT2D eigenvalue weighted by atomic mass is 9.86. The van der Waals surface area contributed by atoms with Crippen molar-refractivity contribution in [3.8, 4) is 0 Å². The number of halogens is 1. The Kier molecular flexibility index (Phi) is 5.32. The van der Waals surface area contributed by atoms with E-state index >= 15 is 0 Å². The van der Waals surface area contributed by atoms with Gasteiger partial charge in [0.15, 0.2) is 0 Å². The summed E-state index contributed by atoms with van der Waals surface area (Å²) in [7, 11) is 0. The lowest BCUT2D eigenvalue weighted by Crippen LogP contribution is -2.36. The summed E-state index contributed by atoms with van der Waals surface area (Å²) in [4.78, 5) is 5.00. The Balaban J connectivity index is 1.50. The van der Waals surface area contributed by atoms with Crippen LogP contribution in [0.4, 0.5) is 10.1 Å². The molecule has 0 bridgehead atoms. The Morgan fingerprint density at radius 3 is 2.41 bits per heavy atom. The van der Waals surface area contributed by atoms with E-state index in [1.165, 1.54) is 45.2 Å². The highest BCUT2D eigenvalue weighted by atomic mass is 19.1. The van der Waals surface area contributed by atoms with Crippen LogP contribution in [0.1, 0.15) is 32.1 Å². The summed E-state index contributed by atoms with van der Waals surface area (Å²) in [6.45, 7) is 5.62. The van der Waals surface area contributed by atoms with E-state index in [4.69, 9.17) is 5.73 Å². The SMILES string of the molecule is NC1CCC(CN2CCCN(c3ccc(F)cc3)CC2)CC1. The number of hydrogen-bond acceptors (Lipinski definition) is 3. The molecule has 2 aliphatic rings. The van der Waals surface area contributed by atoms with E-state index in [1.807, 2.05) is 12.1 Å². The highest BCUT2D eigenvalue weighted by molar-refractivity contribution is 5.46. The van der Waals surface area contributed by atoms with Crippen molar-refractivity contribution in [1.82, 2.24) is 4.90 Å². The summed E-state index contributed by atoms with van der Waals surface area (Å²) in [5.74, 6) is 0.674. The first-order valence-corrected chi connectivity index (χ1v) is 8.69. The third kappa shape index (κ3) is 4.20. The van der Waals surface area contributed by atoms with Gasteiger partial charge in [-0.3, -0.25) is 0 Å². The second-order valence-corrected chi connectivity index (χ2v) is 6.90.